The molecule has 0 saturated carbocycles. The van der Waals surface area contributed by atoms with Crippen LogP contribution >= 0.6 is 7.82 Å². The van der Waals surface area contributed by atoms with Gasteiger partial charge in [-0.25, -0.2) is 4.57 Å². The maximum Gasteiger partial charge on any atom is 0.472 e. The highest BCUT2D eigenvalue weighted by Gasteiger charge is 2.25. The summed E-state index contributed by atoms with van der Waals surface area (Å²) in [5.41, 5.74) is 5.40. The van der Waals surface area contributed by atoms with E-state index in [9.17, 15) is 14.3 Å². The van der Waals surface area contributed by atoms with Gasteiger partial charge in [-0.3, -0.25) is 13.8 Å². The zero-order valence-electron chi connectivity index (χ0n) is 42.9. The van der Waals surface area contributed by atoms with Crippen LogP contribution in [0.5, 0.6) is 0 Å². The summed E-state index contributed by atoms with van der Waals surface area (Å²) in [5, 5.41) is 0. The van der Waals surface area contributed by atoms with Crippen LogP contribution in [0.25, 0.3) is 0 Å². The van der Waals surface area contributed by atoms with Gasteiger partial charge in [-0.2, -0.15) is 0 Å². The van der Waals surface area contributed by atoms with Crippen molar-refractivity contribution >= 4 is 13.8 Å². The standard InChI is InChI=1S/C57H104NO7P/c1-3-5-7-9-11-13-15-17-19-21-23-25-26-27-28-29-31-33-35-37-39-41-43-45-47-49-52-62-54-56(55-64-66(60,61)63-53-51-58)65-57(59)50-48-46-44-42-40-38-36-34-32-30-24-22-20-18-16-14-12-10-8-6-4-2/h6,8,12,14-15,17-18,20-21,23-24,30,56H,3-5,7,9-11,13,16,19,22,25-29,31-55,58H2,1-2H3,(H,60,61)/b8-6-,14-12-,17-15-,20-18-,23-21-,30-24-. The van der Waals surface area contributed by atoms with Crippen LogP contribution in [0.2, 0.25) is 0 Å². The number of rotatable bonds is 52. The fourth-order valence-electron chi connectivity index (χ4n) is 7.61. The molecular formula is C57H104NO7P. The van der Waals surface area contributed by atoms with Gasteiger partial charge in [0.15, 0.2) is 0 Å². The van der Waals surface area contributed by atoms with Gasteiger partial charge in [-0.05, 0) is 83.5 Å². The van der Waals surface area contributed by atoms with E-state index in [0.29, 0.717) is 13.0 Å². The first-order chi connectivity index (χ1) is 32.4. The number of hydrogen-bond donors (Lipinski definition) is 2. The summed E-state index contributed by atoms with van der Waals surface area (Å²) in [7, 11) is -4.29. The lowest BCUT2D eigenvalue weighted by molar-refractivity contribution is -0.154. The number of phosphoric acid groups is 1. The minimum absolute atomic E-state index is 0.0964. The highest BCUT2D eigenvalue weighted by molar-refractivity contribution is 7.47. The largest absolute Gasteiger partial charge is 0.472 e. The lowest BCUT2D eigenvalue weighted by Gasteiger charge is -2.20. The van der Waals surface area contributed by atoms with Gasteiger partial charge in [0.1, 0.15) is 6.10 Å². The molecule has 3 N–H and O–H groups in total. The average molecular weight is 946 g/mol. The molecule has 0 aromatic rings. The van der Waals surface area contributed by atoms with Gasteiger partial charge in [0.25, 0.3) is 0 Å². The highest BCUT2D eigenvalue weighted by atomic mass is 31.2. The van der Waals surface area contributed by atoms with Crippen molar-refractivity contribution in [2.75, 3.05) is 33.0 Å². The molecule has 0 aromatic heterocycles. The second-order valence-corrected chi connectivity index (χ2v) is 19.5. The van der Waals surface area contributed by atoms with Crippen LogP contribution in [0.3, 0.4) is 0 Å². The molecular weight excluding hydrogens is 842 g/mol. The Morgan fingerprint density at radius 3 is 1.27 bits per heavy atom. The number of esters is 1. The van der Waals surface area contributed by atoms with Crippen molar-refractivity contribution in [2.24, 2.45) is 5.73 Å². The van der Waals surface area contributed by atoms with Gasteiger partial charge in [-0.1, -0.05) is 228 Å². The van der Waals surface area contributed by atoms with Gasteiger partial charge >= 0.3 is 13.8 Å². The summed E-state index contributed by atoms with van der Waals surface area (Å²) in [4.78, 5) is 22.6. The molecule has 0 fully saturated rings. The lowest BCUT2D eigenvalue weighted by Crippen LogP contribution is -2.28. The van der Waals surface area contributed by atoms with E-state index in [-0.39, 0.29) is 32.3 Å². The highest BCUT2D eigenvalue weighted by Crippen LogP contribution is 2.43. The van der Waals surface area contributed by atoms with Gasteiger partial charge in [0.2, 0.25) is 0 Å². The molecule has 0 radical (unpaired) electrons. The van der Waals surface area contributed by atoms with Crippen molar-refractivity contribution in [3.05, 3.63) is 72.9 Å². The third-order valence-corrected chi connectivity index (χ3v) is 12.6. The summed E-state index contributed by atoms with van der Waals surface area (Å²) >= 11 is 0. The Balaban J connectivity index is 3.91. The van der Waals surface area contributed by atoms with Crippen molar-refractivity contribution in [1.29, 1.82) is 0 Å². The Bertz CT molecular complexity index is 1250. The van der Waals surface area contributed by atoms with Crippen molar-refractivity contribution in [2.45, 2.75) is 251 Å². The predicted molar refractivity (Wildman–Crippen MR) is 284 cm³/mol. The molecule has 0 rings (SSSR count). The Hall–Kier alpha value is -2.06. The summed E-state index contributed by atoms with van der Waals surface area (Å²) in [6, 6.07) is 0. The van der Waals surface area contributed by atoms with E-state index in [0.717, 1.165) is 70.6 Å². The molecule has 0 aliphatic heterocycles. The van der Waals surface area contributed by atoms with E-state index >= 15 is 0 Å². The van der Waals surface area contributed by atoms with E-state index in [1.165, 1.54) is 154 Å². The third-order valence-electron chi connectivity index (χ3n) is 11.6. The maximum absolute atomic E-state index is 12.7. The van der Waals surface area contributed by atoms with Crippen LogP contribution in [0.15, 0.2) is 72.9 Å². The number of carbonyl (C=O) groups is 1. The first-order valence-electron chi connectivity index (χ1n) is 27.4. The lowest BCUT2D eigenvalue weighted by atomic mass is 10.0. The summed E-state index contributed by atoms with van der Waals surface area (Å²) < 4.78 is 33.6. The quantitative estimate of drug-likeness (QED) is 0.0268. The number of carbonyl (C=O) groups excluding carboxylic acids is 1. The Labute approximate surface area is 407 Å². The number of phosphoric ester groups is 1. The predicted octanol–water partition coefficient (Wildman–Crippen LogP) is 17.4. The number of nitrogens with two attached hydrogens (primary N) is 1. The Morgan fingerprint density at radius 2 is 0.848 bits per heavy atom. The molecule has 0 amide bonds. The molecule has 9 heteroatoms. The molecule has 0 aromatic carbocycles. The minimum atomic E-state index is -4.29. The number of ether oxygens (including phenoxy) is 2. The normalized spacial score (nSPS) is 13.8. The first-order valence-corrected chi connectivity index (χ1v) is 28.9. The fraction of sp³-hybridized carbons (Fsp3) is 0.772. The maximum atomic E-state index is 12.7. The molecule has 66 heavy (non-hydrogen) atoms. The smallest absolute Gasteiger partial charge is 0.457 e. The topological polar surface area (TPSA) is 117 Å². The average Bonchev–Trinajstić information content (AvgIpc) is 3.31. The summed E-state index contributed by atoms with van der Waals surface area (Å²) in [6.45, 7) is 4.81. The molecule has 0 saturated heterocycles. The molecule has 0 aliphatic rings. The number of unbranched alkanes of at least 4 members (excludes halogenated alkanes) is 27. The zero-order valence-corrected chi connectivity index (χ0v) is 43.8. The van der Waals surface area contributed by atoms with E-state index in [1.807, 2.05) is 0 Å². The van der Waals surface area contributed by atoms with Crippen molar-refractivity contribution in [1.82, 2.24) is 0 Å². The minimum Gasteiger partial charge on any atom is -0.457 e. The monoisotopic (exact) mass is 946 g/mol. The van der Waals surface area contributed by atoms with Gasteiger partial charge in [0, 0.05) is 19.6 Å². The second kappa shape index (κ2) is 53.9. The zero-order chi connectivity index (χ0) is 48.0. The van der Waals surface area contributed by atoms with E-state index in [1.54, 1.807) is 0 Å². The first kappa shape index (κ1) is 63.9. The van der Waals surface area contributed by atoms with Crippen molar-refractivity contribution in [3.8, 4) is 0 Å². The van der Waals surface area contributed by atoms with Gasteiger partial charge in [0.05, 0.1) is 19.8 Å². The van der Waals surface area contributed by atoms with E-state index in [2.05, 4.69) is 86.8 Å². The number of hydrogen-bond acceptors (Lipinski definition) is 7. The van der Waals surface area contributed by atoms with Crippen LogP contribution in [0, 0.1) is 0 Å². The third kappa shape index (κ3) is 52.9. The molecule has 8 nitrogen and oxygen atoms in total. The summed E-state index contributed by atoms with van der Waals surface area (Å²) in [6.07, 6.45) is 69.4. The van der Waals surface area contributed by atoms with Crippen LogP contribution in [-0.4, -0.2) is 49.9 Å². The molecule has 0 spiro atoms. The fourth-order valence-corrected chi connectivity index (χ4v) is 8.37. The number of allylic oxidation sites excluding steroid dienone is 12. The molecule has 0 heterocycles. The van der Waals surface area contributed by atoms with E-state index in [4.69, 9.17) is 24.3 Å². The van der Waals surface area contributed by atoms with Crippen LogP contribution in [0.1, 0.15) is 245 Å². The van der Waals surface area contributed by atoms with Gasteiger partial charge in [-0.15, -0.1) is 0 Å². The van der Waals surface area contributed by atoms with Crippen molar-refractivity contribution in [3.63, 3.8) is 0 Å². The summed E-state index contributed by atoms with van der Waals surface area (Å²) in [5.74, 6) is -0.338. The SMILES string of the molecule is CC/C=C\C/C=C\C/C=C\C/C=C\CCCCCCCCCCC(=O)OC(COCCCCCCCCCCCCCCCC/C=C\C/C=C\CCCCCCC)COP(=O)(O)OCCN. The second-order valence-electron chi connectivity index (χ2n) is 18.1. The van der Waals surface area contributed by atoms with Crippen molar-refractivity contribution < 1.29 is 32.8 Å². The van der Waals surface area contributed by atoms with Gasteiger partial charge < -0.3 is 20.1 Å². The van der Waals surface area contributed by atoms with Crippen LogP contribution in [0.4, 0.5) is 0 Å². The Morgan fingerprint density at radius 1 is 0.470 bits per heavy atom. The molecule has 2 atom stereocenters. The molecule has 0 bridgehead atoms. The van der Waals surface area contributed by atoms with E-state index < -0.39 is 13.9 Å². The molecule has 0 aliphatic carbocycles. The Kier molecular flexibility index (Phi) is 52.2. The van der Waals surface area contributed by atoms with Crippen LogP contribution < -0.4 is 5.73 Å². The van der Waals surface area contributed by atoms with Crippen LogP contribution in [-0.2, 0) is 27.9 Å². The molecule has 2 unspecified atom stereocenters. The molecule has 384 valence electrons.